The number of sulfonamides is 1. The molecule has 204 valence electrons. The van der Waals surface area contributed by atoms with Gasteiger partial charge < -0.3 is 20.5 Å². The molecule has 0 aliphatic heterocycles. The predicted molar refractivity (Wildman–Crippen MR) is 144 cm³/mol. The fourth-order valence-corrected chi connectivity index (χ4v) is 4.57. The fraction of sp³-hybridized carbons (Fsp3) is 0.481. The SMILES string of the molecule is [2H]C([2H])([2H])C([2H])(C([2H])([2H])[2H])C([2H])([2H])N(C[C@@H](O)[C@H](Cc1ccccc1)NC(=O)OC(C)(C)C)S(=O)(=O)c1ccc(NC(C)=O)cc1. The van der Waals surface area contributed by atoms with Crippen LogP contribution in [0.4, 0.5) is 10.5 Å². The standard InChI is InChI=1S/C27H39N3O6S/c1-19(2)17-30(37(34,35)23-14-12-22(13-15-23)28-20(3)31)18-25(32)24(16-21-10-8-7-9-11-21)29-26(33)36-27(4,5)6/h7-15,19,24-25,32H,16-18H2,1-6H3,(H,28,31)(H,29,33)/t24-,25+/m0/s1/i1D3,2D3,17D2,19D. The number of carbonyl (C=O) groups is 2. The van der Waals surface area contributed by atoms with E-state index in [1.54, 1.807) is 51.1 Å². The van der Waals surface area contributed by atoms with Crippen molar-refractivity contribution in [1.29, 1.82) is 0 Å². The molecule has 0 aromatic heterocycles. The number of anilines is 1. The van der Waals surface area contributed by atoms with Gasteiger partial charge in [-0.25, -0.2) is 13.2 Å². The van der Waals surface area contributed by atoms with Crippen LogP contribution in [0, 0.1) is 5.89 Å². The van der Waals surface area contributed by atoms with Gasteiger partial charge in [0.15, 0.2) is 0 Å². The van der Waals surface area contributed by atoms with Gasteiger partial charge in [0.25, 0.3) is 0 Å². The maximum atomic E-state index is 14.1. The first kappa shape index (κ1) is 19.2. The van der Waals surface area contributed by atoms with Crippen LogP contribution in [0.15, 0.2) is 59.5 Å². The van der Waals surface area contributed by atoms with Crippen molar-refractivity contribution >= 4 is 27.7 Å². The van der Waals surface area contributed by atoms with Gasteiger partial charge in [-0.05, 0) is 62.9 Å². The Balaban J connectivity index is 2.75. The number of aliphatic hydroxyl groups excluding tert-OH is 1. The maximum absolute atomic E-state index is 14.1. The molecule has 2 atom stereocenters. The minimum atomic E-state index is -5.24. The molecule has 0 spiro atoms. The van der Waals surface area contributed by atoms with Crippen molar-refractivity contribution in [1.82, 2.24) is 9.62 Å². The minimum Gasteiger partial charge on any atom is -0.444 e. The van der Waals surface area contributed by atoms with Gasteiger partial charge in [0.05, 0.1) is 17.0 Å². The van der Waals surface area contributed by atoms with Crippen LogP contribution in [0.25, 0.3) is 0 Å². The van der Waals surface area contributed by atoms with E-state index in [0.29, 0.717) is 5.56 Å². The molecule has 2 amide bonds. The first-order chi connectivity index (χ1) is 20.7. The van der Waals surface area contributed by atoms with Crippen molar-refractivity contribution in [2.45, 2.75) is 70.5 Å². The van der Waals surface area contributed by atoms with Gasteiger partial charge >= 0.3 is 6.09 Å². The molecule has 9 nitrogen and oxygen atoms in total. The highest BCUT2D eigenvalue weighted by atomic mass is 32.2. The second kappa shape index (κ2) is 13.0. The van der Waals surface area contributed by atoms with Crippen LogP contribution in [0.3, 0.4) is 0 Å². The summed E-state index contributed by atoms with van der Waals surface area (Å²) < 4.78 is 106. The average molecular weight is 543 g/mol. The summed E-state index contributed by atoms with van der Waals surface area (Å²) in [6.07, 6.45) is -3.17. The van der Waals surface area contributed by atoms with Crippen molar-refractivity contribution in [2.24, 2.45) is 5.89 Å². The zero-order valence-corrected chi connectivity index (χ0v) is 21.9. The number of amides is 2. The molecule has 2 rings (SSSR count). The number of nitrogens with zero attached hydrogens (tertiary/aromatic N) is 1. The summed E-state index contributed by atoms with van der Waals surface area (Å²) in [5.41, 5.74) is -0.272. The van der Waals surface area contributed by atoms with Crippen LogP contribution < -0.4 is 10.6 Å². The Morgan fingerprint density at radius 3 is 2.30 bits per heavy atom. The molecule has 0 bridgehead atoms. The van der Waals surface area contributed by atoms with Gasteiger partial charge in [-0.2, -0.15) is 4.31 Å². The van der Waals surface area contributed by atoms with Crippen LogP contribution in [0.1, 0.15) is 59.3 Å². The van der Waals surface area contributed by atoms with Crippen molar-refractivity contribution in [3.8, 4) is 0 Å². The lowest BCUT2D eigenvalue weighted by Gasteiger charge is -2.31. The van der Waals surface area contributed by atoms with E-state index in [1.807, 2.05) is 0 Å². The molecule has 0 aliphatic carbocycles. The monoisotopic (exact) mass is 542 g/mol. The number of ether oxygens (including phenoxy) is 1. The molecule has 2 aromatic carbocycles. The quantitative estimate of drug-likeness (QED) is 0.397. The summed E-state index contributed by atoms with van der Waals surface area (Å²) in [6.45, 7) is -7.21. The topological polar surface area (TPSA) is 125 Å². The minimum absolute atomic E-state index is 0.145. The van der Waals surface area contributed by atoms with Gasteiger partial charge in [-0.3, -0.25) is 4.79 Å². The molecular weight excluding hydrogens is 494 g/mol. The normalized spacial score (nSPS) is 18.7. The fourth-order valence-electron chi connectivity index (χ4n) is 3.28. The van der Waals surface area contributed by atoms with E-state index >= 15 is 0 Å². The summed E-state index contributed by atoms with van der Waals surface area (Å²) in [5, 5.41) is 16.3. The van der Waals surface area contributed by atoms with E-state index in [4.69, 9.17) is 17.1 Å². The van der Waals surface area contributed by atoms with Gasteiger partial charge in [-0.15, -0.1) is 0 Å². The van der Waals surface area contributed by atoms with Crippen molar-refractivity contribution in [2.75, 3.05) is 18.4 Å². The number of aliphatic hydroxyl groups is 1. The Kier molecular flexibility index (Phi) is 6.75. The molecule has 0 fully saturated rings. The molecule has 10 heteroatoms. The van der Waals surface area contributed by atoms with Crippen molar-refractivity contribution < 1.29 is 40.2 Å². The first-order valence-electron chi connectivity index (χ1n) is 15.9. The molecule has 2 aromatic rings. The Bertz CT molecular complexity index is 1450. The number of hydrogen-bond donors (Lipinski definition) is 3. The third-order valence-electron chi connectivity index (χ3n) is 4.82. The number of nitrogens with one attached hydrogen (secondary N) is 2. The Hall–Kier alpha value is -2.95. The van der Waals surface area contributed by atoms with Crippen molar-refractivity contribution in [3.05, 3.63) is 60.2 Å². The predicted octanol–water partition coefficient (Wildman–Crippen LogP) is 3.79. The third-order valence-corrected chi connectivity index (χ3v) is 6.51. The van der Waals surface area contributed by atoms with E-state index in [9.17, 15) is 23.1 Å². The number of hydrogen-bond acceptors (Lipinski definition) is 6. The third kappa shape index (κ3) is 10.1. The number of carbonyl (C=O) groups excluding carboxylic acids is 2. The first-order valence-corrected chi connectivity index (χ1v) is 12.8. The zero-order valence-electron chi connectivity index (χ0n) is 30.1. The molecule has 0 aliphatic rings. The Labute approximate surface area is 232 Å². The lowest BCUT2D eigenvalue weighted by Crippen LogP contribution is -2.51. The van der Waals surface area contributed by atoms with Gasteiger partial charge in [0.1, 0.15) is 5.60 Å². The number of rotatable bonds is 11. The number of alkyl carbamates (subject to hydrolysis) is 1. The molecule has 0 saturated heterocycles. The van der Waals surface area contributed by atoms with E-state index in [2.05, 4.69) is 10.6 Å². The summed E-state index contributed by atoms with van der Waals surface area (Å²) in [7, 11) is -5.24. The molecule has 0 heterocycles. The molecule has 0 unspecified atom stereocenters. The summed E-state index contributed by atoms with van der Waals surface area (Å²) in [4.78, 5) is 23.5. The van der Waals surface area contributed by atoms with E-state index < -0.39 is 77.3 Å². The van der Waals surface area contributed by atoms with Gasteiger partial charge in [0, 0.05) is 38.0 Å². The zero-order chi connectivity index (χ0) is 35.5. The molecule has 3 N–H and O–H groups in total. The van der Waals surface area contributed by atoms with Crippen LogP contribution in [-0.4, -0.2) is 60.6 Å². The van der Waals surface area contributed by atoms with Crippen LogP contribution in [0.2, 0.25) is 0 Å². The second-order valence-electron chi connectivity index (χ2n) is 9.24. The summed E-state index contributed by atoms with van der Waals surface area (Å²) in [5.74, 6) is -4.54. The largest absolute Gasteiger partial charge is 0.444 e. The molecular formula is C27H39N3O6S. The van der Waals surface area contributed by atoms with Gasteiger partial charge in [-0.1, -0.05) is 44.0 Å². The maximum Gasteiger partial charge on any atom is 0.407 e. The van der Waals surface area contributed by atoms with Crippen LogP contribution in [0.5, 0.6) is 0 Å². The summed E-state index contributed by atoms with van der Waals surface area (Å²) in [6, 6.07) is 11.1. The Morgan fingerprint density at radius 2 is 1.76 bits per heavy atom. The lowest BCUT2D eigenvalue weighted by atomic mass is 10.0. The number of benzene rings is 2. The van der Waals surface area contributed by atoms with E-state index in [0.717, 1.165) is 24.3 Å². The van der Waals surface area contributed by atoms with E-state index in [1.165, 1.54) is 6.92 Å². The van der Waals surface area contributed by atoms with E-state index in [-0.39, 0.29) is 16.4 Å². The summed E-state index contributed by atoms with van der Waals surface area (Å²) >= 11 is 0. The lowest BCUT2D eigenvalue weighted by molar-refractivity contribution is -0.114. The van der Waals surface area contributed by atoms with Gasteiger partial charge in [0.2, 0.25) is 15.9 Å². The second-order valence-corrected chi connectivity index (χ2v) is 11.1. The highest BCUT2D eigenvalue weighted by Gasteiger charge is 2.32. The molecule has 0 saturated carbocycles. The van der Waals surface area contributed by atoms with Crippen molar-refractivity contribution in [3.63, 3.8) is 0 Å². The smallest absolute Gasteiger partial charge is 0.407 e. The molecule has 37 heavy (non-hydrogen) atoms. The van der Waals surface area contributed by atoms with Crippen LogP contribution >= 0.6 is 0 Å². The molecule has 0 radical (unpaired) electrons. The average Bonchev–Trinajstić information content (AvgIpc) is 2.88. The van der Waals surface area contributed by atoms with Crippen LogP contribution in [-0.2, 0) is 26.0 Å². The highest BCUT2D eigenvalue weighted by molar-refractivity contribution is 7.89. The highest BCUT2D eigenvalue weighted by Crippen LogP contribution is 2.21. The Morgan fingerprint density at radius 1 is 1.14 bits per heavy atom.